The second-order valence-corrected chi connectivity index (χ2v) is 4.08. The van der Waals surface area contributed by atoms with E-state index in [1.165, 1.54) is 44.9 Å². The van der Waals surface area contributed by atoms with Crippen LogP contribution in [0.5, 0.6) is 0 Å². The first-order valence-electron chi connectivity index (χ1n) is 6.10. The molecule has 0 aliphatic heterocycles. The average molecular weight is 194 g/mol. The lowest BCUT2D eigenvalue weighted by atomic mass is 10.1. The summed E-state index contributed by atoms with van der Waals surface area (Å²) in [4.78, 5) is 0. The highest BCUT2D eigenvalue weighted by Gasteiger charge is 1.89. The molecule has 1 atom stereocenters. The van der Waals surface area contributed by atoms with E-state index < -0.39 is 0 Å². The van der Waals surface area contributed by atoms with Crippen molar-refractivity contribution >= 4 is 0 Å². The van der Waals surface area contributed by atoms with E-state index in [-0.39, 0.29) is 0 Å². The molecule has 0 rings (SSSR count). The van der Waals surface area contributed by atoms with Crippen LogP contribution in [0.4, 0.5) is 0 Å². The van der Waals surface area contributed by atoms with Crippen molar-refractivity contribution in [3.63, 3.8) is 0 Å². The van der Waals surface area contributed by atoms with E-state index in [1.54, 1.807) is 0 Å². The van der Waals surface area contributed by atoms with Crippen molar-refractivity contribution in [3.05, 3.63) is 24.8 Å². The van der Waals surface area contributed by atoms with E-state index in [4.69, 9.17) is 0 Å². The van der Waals surface area contributed by atoms with Gasteiger partial charge in [-0.05, 0) is 18.8 Å². The molecule has 82 valence electrons. The molecule has 0 aromatic rings. The van der Waals surface area contributed by atoms with Gasteiger partial charge in [0.05, 0.1) is 0 Å². The number of hydrogen-bond acceptors (Lipinski definition) is 0. The Morgan fingerprint density at radius 2 is 1.71 bits per heavy atom. The van der Waals surface area contributed by atoms with Crippen molar-refractivity contribution in [1.29, 1.82) is 0 Å². The van der Waals surface area contributed by atoms with Gasteiger partial charge in [0.1, 0.15) is 0 Å². The van der Waals surface area contributed by atoms with Crippen LogP contribution in [0, 0.1) is 5.92 Å². The Hall–Kier alpha value is -0.520. The van der Waals surface area contributed by atoms with Crippen molar-refractivity contribution in [3.8, 4) is 0 Å². The van der Waals surface area contributed by atoms with Crippen LogP contribution >= 0.6 is 0 Å². The Balaban J connectivity index is 3.12. The Labute approximate surface area is 90.1 Å². The molecule has 14 heavy (non-hydrogen) atoms. The van der Waals surface area contributed by atoms with Gasteiger partial charge in [-0.3, -0.25) is 0 Å². The van der Waals surface area contributed by atoms with Gasteiger partial charge in [0.15, 0.2) is 0 Å². The van der Waals surface area contributed by atoms with Gasteiger partial charge in [0, 0.05) is 0 Å². The van der Waals surface area contributed by atoms with Gasteiger partial charge in [0.2, 0.25) is 0 Å². The molecule has 0 heterocycles. The molecule has 0 saturated carbocycles. The molecule has 1 unspecified atom stereocenters. The second-order valence-electron chi connectivity index (χ2n) is 4.08. The Morgan fingerprint density at radius 3 is 2.36 bits per heavy atom. The maximum Gasteiger partial charge on any atom is -0.00846 e. The molecule has 0 heteroatoms. The molecule has 0 fully saturated rings. The fourth-order valence-electron chi connectivity index (χ4n) is 1.43. The molecular weight excluding hydrogens is 168 g/mol. The summed E-state index contributed by atoms with van der Waals surface area (Å²) in [6.07, 6.45) is 16.1. The van der Waals surface area contributed by atoms with E-state index in [0.29, 0.717) is 5.92 Å². The molecule has 0 amide bonds. The number of rotatable bonds is 9. The monoisotopic (exact) mass is 194 g/mol. The standard InChI is InChI=1S/C14H26/c1-4-6-7-8-9-10-11-12-13-14(3)5-2/h5,12-14H,2,4,6-11H2,1,3H3/b13-12+. The van der Waals surface area contributed by atoms with Gasteiger partial charge in [-0.25, -0.2) is 0 Å². The number of allylic oxidation sites excluding steroid dienone is 3. The summed E-state index contributed by atoms with van der Waals surface area (Å²) in [6, 6.07) is 0. The minimum absolute atomic E-state index is 0.537. The molecule has 0 aliphatic rings. The predicted molar refractivity (Wildman–Crippen MR) is 66.5 cm³/mol. The molecule has 0 N–H and O–H groups in total. The lowest BCUT2D eigenvalue weighted by Gasteiger charge is -1.98. The smallest absolute Gasteiger partial charge is 0.00846 e. The van der Waals surface area contributed by atoms with Gasteiger partial charge in [-0.15, -0.1) is 6.58 Å². The molecule has 0 radical (unpaired) electrons. The third-order valence-corrected chi connectivity index (χ3v) is 2.54. The molecule has 0 aromatic carbocycles. The van der Waals surface area contributed by atoms with Gasteiger partial charge in [-0.2, -0.15) is 0 Å². The Morgan fingerprint density at radius 1 is 1.07 bits per heavy atom. The van der Waals surface area contributed by atoms with Crippen LogP contribution in [-0.4, -0.2) is 0 Å². The van der Waals surface area contributed by atoms with Crippen LogP contribution in [0.3, 0.4) is 0 Å². The summed E-state index contributed by atoms with van der Waals surface area (Å²) < 4.78 is 0. The molecule has 0 aliphatic carbocycles. The zero-order valence-electron chi connectivity index (χ0n) is 9.97. The van der Waals surface area contributed by atoms with Crippen LogP contribution in [0.1, 0.15) is 58.8 Å². The average Bonchev–Trinajstić information content (AvgIpc) is 2.21. The summed E-state index contributed by atoms with van der Waals surface area (Å²) in [7, 11) is 0. The van der Waals surface area contributed by atoms with Crippen LogP contribution in [0.15, 0.2) is 24.8 Å². The first-order chi connectivity index (χ1) is 6.81. The lowest BCUT2D eigenvalue weighted by molar-refractivity contribution is 0.611. The third-order valence-electron chi connectivity index (χ3n) is 2.54. The summed E-state index contributed by atoms with van der Waals surface area (Å²) in [6.45, 7) is 8.19. The quantitative estimate of drug-likeness (QED) is 0.353. The molecular formula is C14H26. The maximum atomic E-state index is 3.76. The molecule has 0 nitrogen and oxygen atoms in total. The summed E-state index contributed by atoms with van der Waals surface area (Å²) in [5, 5.41) is 0. The van der Waals surface area contributed by atoms with Crippen molar-refractivity contribution in [2.75, 3.05) is 0 Å². The summed E-state index contributed by atoms with van der Waals surface area (Å²) in [5.74, 6) is 0.537. The van der Waals surface area contributed by atoms with E-state index in [9.17, 15) is 0 Å². The summed E-state index contributed by atoms with van der Waals surface area (Å²) in [5.41, 5.74) is 0. The number of unbranched alkanes of at least 4 members (excludes halogenated alkanes) is 6. The van der Waals surface area contributed by atoms with Crippen LogP contribution in [-0.2, 0) is 0 Å². The second kappa shape index (κ2) is 10.6. The van der Waals surface area contributed by atoms with Crippen molar-refractivity contribution in [1.82, 2.24) is 0 Å². The van der Waals surface area contributed by atoms with Gasteiger partial charge < -0.3 is 0 Å². The minimum atomic E-state index is 0.537. The first-order valence-corrected chi connectivity index (χ1v) is 6.10. The normalized spacial score (nSPS) is 13.3. The zero-order chi connectivity index (χ0) is 10.6. The van der Waals surface area contributed by atoms with Crippen molar-refractivity contribution in [2.24, 2.45) is 5.92 Å². The van der Waals surface area contributed by atoms with Gasteiger partial charge in [-0.1, -0.05) is 64.2 Å². The first kappa shape index (κ1) is 13.5. The fraction of sp³-hybridized carbons (Fsp3) is 0.714. The fourth-order valence-corrected chi connectivity index (χ4v) is 1.43. The summed E-state index contributed by atoms with van der Waals surface area (Å²) >= 11 is 0. The number of hydrogen-bond donors (Lipinski definition) is 0. The van der Waals surface area contributed by atoms with Crippen LogP contribution < -0.4 is 0 Å². The van der Waals surface area contributed by atoms with Crippen molar-refractivity contribution < 1.29 is 0 Å². The SMILES string of the molecule is C=CC(C)/C=C/CCCCCCCC. The highest BCUT2D eigenvalue weighted by molar-refractivity contribution is 4.94. The molecule has 0 saturated heterocycles. The highest BCUT2D eigenvalue weighted by Crippen LogP contribution is 2.08. The van der Waals surface area contributed by atoms with Crippen LogP contribution in [0.2, 0.25) is 0 Å². The lowest BCUT2D eigenvalue weighted by Crippen LogP contribution is -1.81. The van der Waals surface area contributed by atoms with E-state index in [0.717, 1.165) is 0 Å². The van der Waals surface area contributed by atoms with E-state index >= 15 is 0 Å². The predicted octanol–water partition coefficient (Wildman–Crippen LogP) is 5.12. The van der Waals surface area contributed by atoms with Gasteiger partial charge in [0.25, 0.3) is 0 Å². The maximum absolute atomic E-state index is 3.76. The topological polar surface area (TPSA) is 0 Å². The van der Waals surface area contributed by atoms with Crippen molar-refractivity contribution in [2.45, 2.75) is 58.8 Å². The largest absolute Gasteiger partial charge is 0.102 e. The van der Waals surface area contributed by atoms with Crippen LogP contribution in [0.25, 0.3) is 0 Å². The Kier molecular flexibility index (Phi) is 10.2. The Bertz CT molecular complexity index is 144. The molecule has 0 spiro atoms. The highest BCUT2D eigenvalue weighted by atomic mass is 14.0. The van der Waals surface area contributed by atoms with Gasteiger partial charge >= 0.3 is 0 Å². The molecule has 0 aromatic heterocycles. The third kappa shape index (κ3) is 9.57. The molecule has 0 bridgehead atoms. The minimum Gasteiger partial charge on any atom is -0.102 e. The van der Waals surface area contributed by atoms with E-state index in [2.05, 4.69) is 32.6 Å². The zero-order valence-corrected chi connectivity index (χ0v) is 9.97. The van der Waals surface area contributed by atoms with E-state index in [1.807, 2.05) is 6.08 Å².